The lowest BCUT2D eigenvalue weighted by molar-refractivity contribution is -0.155. The molecule has 0 saturated carbocycles. The zero-order valence-corrected chi connectivity index (χ0v) is 11.9. The van der Waals surface area contributed by atoms with Gasteiger partial charge in [0.15, 0.2) is 11.6 Å². The first-order valence-electron chi connectivity index (χ1n) is 6.70. The van der Waals surface area contributed by atoms with Crippen molar-refractivity contribution in [1.29, 1.82) is 0 Å². The number of carboxylic acids is 1. The molecule has 1 aromatic carbocycles. The second kappa shape index (κ2) is 5.42. The van der Waals surface area contributed by atoms with E-state index in [1.807, 2.05) is 0 Å². The zero-order valence-electron chi connectivity index (χ0n) is 11.9. The van der Waals surface area contributed by atoms with Crippen molar-refractivity contribution in [3.8, 4) is 0 Å². The summed E-state index contributed by atoms with van der Waals surface area (Å²) < 4.78 is 26.4. The molecule has 1 unspecified atom stereocenters. The van der Waals surface area contributed by atoms with E-state index in [1.165, 1.54) is 11.0 Å². The fourth-order valence-electron chi connectivity index (χ4n) is 2.68. The molecule has 1 fully saturated rings. The summed E-state index contributed by atoms with van der Waals surface area (Å²) >= 11 is 0. The molecule has 1 aromatic rings. The number of benzene rings is 1. The summed E-state index contributed by atoms with van der Waals surface area (Å²) in [4.78, 5) is 24.6. The van der Waals surface area contributed by atoms with Crippen LogP contribution in [0.15, 0.2) is 18.2 Å². The van der Waals surface area contributed by atoms with E-state index in [9.17, 15) is 18.4 Å². The molecule has 1 atom stereocenters. The average molecular weight is 297 g/mol. The number of rotatable bonds is 3. The highest BCUT2D eigenvalue weighted by Gasteiger charge is 2.42. The number of halogens is 2. The highest BCUT2D eigenvalue weighted by atomic mass is 19.2. The molecule has 21 heavy (non-hydrogen) atoms. The van der Waals surface area contributed by atoms with E-state index in [4.69, 9.17) is 5.11 Å². The fraction of sp³-hybridized carbons (Fsp3) is 0.467. The number of nitrogens with zero attached hydrogens (tertiary/aromatic N) is 1. The van der Waals surface area contributed by atoms with E-state index in [0.29, 0.717) is 18.4 Å². The molecule has 0 radical (unpaired) electrons. The van der Waals surface area contributed by atoms with Gasteiger partial charge in [-0.2, -0.15) is 0 Å². The van der Waals surface area contributed by atoms with E-state index in [-0.39, 0.29) is 5.91 Å². The van der Waals surface area contributed by atoms with Crippen LogP contribution >= 0.6 is 0 Å². The Bertz CT molecular complexity index is 586. The van der Waals surface area contributed by atoms with Crippen LogP contribution in [0.3, 0.4) is 0 Å². The van der Waals surface area contributed by atoms with Gasteiger partial charge in [0.05, 0.1) is 6.04 Å². The monoisotopic (exact) mass is 297 g/mol. The van der Waals surface area contributed by atoms with Crippen LogP contribution in [0, 0.1) is 17.0 Å². The number of carboxylic acid groups (broad SMARTS) is 1. The summed E-state index contributed by atoms with van der Waals surface area (Å²) in [5.74, 6) is -3.38. The molecule has 0 aromatic heterocycles. The lowest BCUT2D eigenvalue weighted by Gasteiger charge is -2.42. The molecular formula is C15H17F2NO3. The Kier molecular flexibility index (Phi) is 3.98. The quantitative estimate of drug-likeness (QED) is 0.933. The summed E-state index contributed by atoms with van der Waals surface area (Å²) in [7, 11) is 0. The Labute approximate surface area is 121 Å². The number of piperidine rings is 1. The lowest BCUT2D eigenvalue weighted by atomic mass is 9.78. The number of hydrogen-bond acceptors (Lipinski definition) is 2. The highest BCUT2D eigenvalue weighted by molar-refractivity contribution is 5.86. The summed E-state index contributed by atoms with van der Waals surface area (Å²) in [6.45, 7) is 3.06. The first-order chi connectivity index (χ1) is 9.72. The van der Waals surface area contributed by atoms with Crippen LogP contribution in [0.25, 0.3) is 0 Å². The van der Waals surface area contributed by atoms with Gasteiger partial charge in [-0.1, -0.05) is 19.9 Å². The molecule has 1 amide bonds. The Morgan fingerprint density at radius 3 is 2.62 bits per heavy atom. The number of amides is 1. The van der Waals surface area contributed by atoms with E-state index in [2.05, 4.69) is 0 Å². The molecule has 0 spiro atoms. The lowest BCUT2D eigenvalue weighted by Crippen LogP contribution is -2.49. The van der Waals surface area contributed by atoms with Crippen molar-refractivity contribution in [3.63, 3.8) is 0 Å². The molecule has 0 bridgehead atoms. The maximum absolute atomic E-state index is 13.4. The highest BCUT2D eigenvalue weighted by Crippen LogP contribution is 2.40. The van der Waals surface area contributed by atoms with Crippen LogP contribution in [0.5, 0.6) is 0 Å². The molecule has 4 nitrogen and oxygen atoms in total. The Morgan fingerprint density at radius 1 is 1.38 bits per heavy atom. The van der Waals surface area contributed by atoms with E-state index in [0.717, 1.165) is 12.1 Å². The van der Waals surface area contributed by atoms with Gasteiger partial charge in [0.2, 0.25) is 5.91 Å². The van der Waals surface area contributed by atoms with Crippen LogP contribution in [0.4, 0.5) is 8.78 Å². The fourth-order valence-corrected chi connectivity index (χ4v) is 2.68. The molecule has 0 aliphatic carbocycles. The zero-order chi connectivity index (χ0) is 15.8. The molecule has 6 heteroatoms. The smallest absolute Gasteiger partial charge is 0.323 e. The summed E-state index contributed by atoms with van der Waals surface area (Å²) in [5, 5.41) is 8.99. The Morgan fingerprint density at radius 2 is 2.05 bits per heavy atom. The first-order valence-corrected chi connectivity index (χ1v) is 6.70. The molecular weight excluding hydrogens is 280 g/mol. The van der Waals surface area contributed by atoms with Gasteiger partial charge in [0.25, 0.3) is 0 Å². The number of hydrogen-bond donors (Lipinski definition) is 1. The summed E-state index contributed by atoms with van der Waals surface area (Å²) in [6, 6.07) is 2.87. The summed E-state index contributed by atoms with van der Waals surface area (Å²) in [5.41, 5.74) is -0.233. The second-order valence-corrected chi connectivity index (χ2v) is 5.94. The number of carbonyl (C=O) groups is 2. The van der Waals surface area contributed by atoms with Crippen molar-refractivity contribution >= 4 is 11.9 Å². The minimum atomic E-state index is -1.13. The Hall–Kier alpha value is -1.98. The maximum atomic E-state index is 13.4. The van der Waals surface area contributed by atoms with Gasteiger partial charge in [-0.3, -0.25) is 9.59 Å². The van der Waals surface area contributed by atoms with Crippen molar-refractivity contribution in [2.45, 2.75) is 32.7 Å². The molecule has 1 aliphatic heterocycles. The van der Waals surface area contributed by atoms with Gasteiger partial charge >= 0.3 is 5.97 Å². The van der Waals surface area contributed by atoms with Crippen molar-refractivity contribution in [1.82, 2.24) is 4.90 Å². The standard InChI is InChI=1S/C15H17F2NO3/c1-15(2)6-5-12(18(14(15)21)8-13(19)20)9-3-4-10(16)11(17)7-9/h3-4,7,12H,5-6,8H2,1-2H3,(H,19,20). The average Bonchev–Trinajstić information content (AvgIpc) is 2.38. The molecule has 2 rings (SSSR count). The van der Waals surface area contributed by atoms with Gasteiger partial charge in [-0.25, -0.2) is 8.78 Å². The largest absolute Gasteiger partial charge is 0.480 e. The third kappa shape index (κ3) is 3.04. The molecule has 1 heterocycles. The first kappa shape index (κ1) is 15.4. The van der Waals surface area contributed by atoms with Gasteiger partial charge in [0.1, 0.15) is 6.54 Å². The van der Waals surface area contributed by atoms with Crippen LogP contribution in [-0.2, 0) is 9.59 Å². The van der Waals surface area contributed by atoms with Crippen molar-refractivity contribution in [3.05, 3.63) is 35.4 Å². The van der Waals surface area contributed by atoms with Crippen LogP contribution < -0.4 is 0 Å². The third-order valence-electron chi connectivity index (χ3n) is 3.89. The minimum absolute atomic E-state index is 0.286. The topological polar surface area (TPSA) is 57.6 Å². The van der Waals surface area contributed by atoms with Crippen LogP contribution in [-0.4, -0.2) is 28.4 Å². The second-order valence-electron chi connectivity index (χ2n) is 5.94. The van der Waals surface area contributed by atoms with E-state index >= 15 is 0 Å². The Balaban J connectivity index is 2.37. The molecule has 1 aliphatic rings. The van der Waals surface area contributed by atoms with E-state index in [1.54, 1.807) is 13.8 Å². The minimum Gasteiger partial charge on any atom is -0.480 e. The number of carbonyl (C=O) groups excluding carboxylic acids is 1. The molecule has 114 valence electrons. The molecule has 1 saturated heterocycles. The third-order valence-corrected chi connectivity index (χ3v) is 3.89. The predicted octanol–water partition coefficient (Wildman–Crippen LogP) is 2.74. The SMILES string of the molecule is CC1(C)CCC(c2ccc(F)c(F)c2)N(CC(=O)O)C1=O. The van der Waals surface area contributed by atoms with E-state index < -0.39 is 35.6 Å². The number of aliphatic carboxylic acids is 1. The van der Waals surface area contributed by atoms with Gasteiger partial charge in [-0.05, 0) is 30.5 Å². The normalized spacial score (nSPS) is 21.4. The van der Waals surface area contributed by atoms with Crippen molar-refractivity contribution < 1.29 is 23.5 Å². The van der Waals surface area contributed by atoms with Crippen molar-refractivity contribution in [2.24, 2.45) is 5.41 Å². The number of likely N-dealkylation sites (tertiary alicyclic amines) is 1. The van der Waals surface area contributed by atoms with Crippen LogP contribution in [0.2, 0.25) is 0 Å². The predicted molar refractivity (Wildman–Crippen MR) is 71.5 cm³/mol. The summed E-state index contributed by atoms with van der Waals surface area (Å²) in [6.07, 6.45) is 1.07. The van der Waals surface area contributed by atoms with Crippen LogP contribution in [0.1, 0.15) is 38.3 Å². The maximum Gasteiger partial charge on any atom is 0.323 e. The molecule has 1 N–H and O–H groups in total. The van der Waals surface area contributed by atoms with Gasteiger partial charge in [-0.15, -0.1) is 0 Å². The van der Waals surface area contributed by atoms with Gasteiger partial charge in [0, 0.05) is 5.41 Å². The van der Waals surface area contributed by atoms with Gasteiger partial charge < -0.3 is 10.0 Å². The van der Waals surface area contributed by atoms with Crippen molar-refractivity contribution in [2.75, 3.05) is 6.54 Å².